The third-order valence-corrected chi connectivity index (χ3v) is 4.02. The van der Waals surface area contributed by atoms with Gasteiger partial charge in [-0.15, -0.1) is 0 Å². The maximum Gasteiger partial charge on any atom is 0.330 e. The van der Waals surface area contributed by atoms with Gasteiger partial charge in [0.25, 0.3) is 5.56 Å². The molecule has 3 aromatic heterocycles. The van der Waals surface area contributed by atoms with Crippen molar-refractivity contribution in [3.8, 4) is 11.1 Å². The lowest BCUT2D eigenvalue weighted by atomic mass is 10.0. The number of pyridine rings is 2. The van der Waals surface area contributed by atoms with E-state index < -0.39 is 17.8 Å². The van der Waals surface area contributed by atoms with Gasteiger partial charge in [-0.25, -0.2) is 14.2 Å². The highest BCUT2D eigenvalue weighted by Gasteiger charge is 2.31. The molecule has 8 heteroatoms. The molecule has 4 heterocycles. The van der Waals surface area contributed by atoms with Gasteiger partial charge in [0, 0.05) is 41.5 Å². The number of carboxylic acid groups (broad SMARTS) is 1. The van der Waals surface area contributed by atoms with Crippen molar-refractivity contribution in [2.75, 3.05) is 5.32 Å². The molecule has 0 fully saturated rings. The summed E-state index contributed by atoms with van der Waals surface area (Å²) in [6.45, 7) is 0. The van der Waals surface area contributed by atoms with E-state index in [1.165, 1.54) is 16.8 Å². The van der Waals surface area contributed by atoms with Crippen LogP contribution in [0.3, 0.4) is 0 Å². The smallest absolute Gasteiger partial charge is 0.330 e. The number of fused-ring (bicyclic) bond motifs is 2. The van der Waals surface area contributed by atoms with Crippen LogP contribution in [-0.2, 0) is 11.8 Å². The van der Waals surface area contributed by atoms with Crippen molar-refractivity contribution in [3.05, 3.63) is 46.4 Å². The number of halogens is 1. The van der Waals surface area contributed by atoms with Crippen LogP contribution in [-0.4, -0.2) is 25.6 Å². The van der Waals surface area contributed by atoms with Gasteiger partial charge < -0.3 is 20.0 Å². The molecule has 0 spiro atoms. The van der Waals surface area contributed by atoms with Crippen LogP contribution >= 0.6 is 0 Å². The van der Waals surface area contributed by atoms with Crippen LogP contribution in [0.5, 0.6) is 0 Å². The second kappa shape index (κ2) is 4.42. The van der Waals surface area contributed by atoms with Crippen molar-refractivity contribution in [2.24, 2.45) is 7.05 Å². The number of rotatable bonds is 1. The van der Waals surface area contributed by atoms with Crippen molar-refractivity contribution in [1.82, 2.24) is 14.5 Å². The Bertz CT molecular complexity index is 1040. The Morgan fingerprint density at radius 3 is 2.96 bits per heavy atom. The number of aliphatic carboxylic acids is 1. The van der Waals surface area contributed by atoms with E-state index in [-0.39, 0.29) is 16.9 Å². The number of aromatic nitrogens is 3. The number of H-pyrrole nitrogens is 1. The fourth-order valence-electron chi connectivity index (χ4n) is 2.99. The number of nitrogens with one attached hydrogen (secondary N) is 2. The average molecular weight is 314 g/mol. The summed E-state index contributed by atoms with van der Waals surface area (Å²) < 4.78 is 15.0. The molecule has 1 aliphatic heterocycles. The van der Waals surface area contributed by atoms with Gasteiger partial charge >= 0.3 is 5.97 Å². The number of carboxylic acids is 1. The molecule has 23 heavy (non-hydrogen) atoms. The van der Waals surface area contributed by atoms with Crippen LogP contribution in [0.4, 0.5) is 10.2 Å². The topological polar surface area (TPSA) is 100 Å². The van der Waals surface area contributed by atoms with Gasteiger partial charge in [-0.2, -0.15) is 0 Å². The summed E-state index contributed by atoms with van der Waals surface area (Å²) in [5.74, 6) is -1.40. The first-order valence-electron chi connectivity index (χ1n) is 6.83. The van der Waals surface area contributed by atoms with Crippen LogP contribution in [0.2, 0.25) is 0 Å². The zero-order valence-corrected chi connectivity index (χ0v) is 11.9. The van der Waals surface area contributed by atoms with Gasteiger partial charge in [0.15, 0.2) is 6.04 Å². The number of aryl methyl sites for hydroxylation is 1. The third-order valence-electron chi connectivity index (χ3n) is 4.02. The van der Waals surface area contributed by atoms with E-state index in [1.54, 1.807) is 13.2 Å². The lowest BCUT2D eigenvalue weighted by molar-refractivity contribution is -0.138. The van der Waals surface area contributed by atoms with Gasteiger partial charge in [-0.3, -0.25) is 4.79 Å². The van der Waals surface area contributed by atoms with E-state index in [4.69, 9.17) is 0 Å². The first-order valence-corrected chi connectivity index (χ1v) is 6.83. The van der Waals surface area contributed by atoms with Crippen molar-refractivity contribution in [1.29, 1.82) is 0 Å². The summed E-state index contributed by atoms with van der Waals surface area (Å²) in [6.07, 6.45) is 4.07. The van der Waals surface area contributed by atoms with Crippen LogP contribution in [0, 0.1) is 5.82 Å². The number of hydrogen-bond acceptors (Lipinski definition) is 4. The monoisotopic (exact) mass is 314 g/mol. The lowest BCUT2D eigenvalue weighted by Gasteiger charge is -2.13. The van der Waals surface area contributed by atoms with E-state index in [0.29, 0.717) is 22.1 Å². The summed E-state index contributed by atoms with van der Waals surface area (Å²) in [4.78, 5) is 30.7. The molecule has 0 aromatic carbocycles. The number of carbonyl (C=O) groups is 1. The van der Waals surface area contributed by atoms with Crippen LogP contribution in [0.15, 0.2) is 29.5 Å². The molecule has 116 valence electrons. The Labute approximate surface area is 128 Å². The van der Waals surface area contributed by atoms with E-state index in [1.807, 2.05) is 0 Å². The Morgan fingerprint density at radius 1 is 1.43 bits per heavy atom. The fourth-order valence-corrected chi connectivity index (χ4v) is 2.99. The summed E-state index contributed by atoms with van der Waals surface area (Å²) in [5, 5.41) is 12.8. The molecule has 0 aliphatic carbocycles. The van der Waals surface area contributed by atoms with Gasteiger partial charge in [0.2, 0.25) is 0 Å². The Morgan fingerprint density at radius 2 is 2.22 bits per heavy atom. The Hall–Kier alpha value is -3.16. The van der Waals surface area contributed by atoms with Gasteiger partial charge in [-0.1, -0.05) is 0 Å². The lowest BCUT2D eigenvalue weighted by Crippen LogP contribution is -2.20. The molecule has 0 amide bonds. The van der Waals surface area contributed by atoms with Crippen molar-refractivity contribution in [3.63, 3.8) is 0 Å². The van der Waals surface area contributed by atoms with Crippen molar-refractivity contribution < 1.29 is 14.3 Å². The summed E-state index contributed by atoms with van der Waals surface area (Å²) >= 11 is 0. The third kappa shape index (κ3) is 1.78. The maximum absolute atomic E-state index is 13.7. The zero-order valence-electron chi connectivity index (χ0n) is 11.9. The van der Waals surface area contributed by atoms with Crippen LogP contribution in [0.1, 0.15) is 11.6 Å². The molecule has 1 unspecified atom stereocenters. The molecule has 0 bridgehead atoms. The minimum absolute atomic E-state index is 0.259. The summed E-state index contributed by atoms with van der Waals surface area (Å²) in [6, 6.07) is 0.184. The van der Waals surface area contributed by atoms with Gasteiger partial charge in [0.1, 0.15) is 17.2 Å². The Kier molecular flexibility index (Phi) is 2.59. The number of anilines is 1. The Balaban J connectivity index is 2.21. The molecule has 7 nitrogen and oxygen atoms in total. The molecule has 0 radical (unpaired) electrons. The molecular formula is C15H11FN4O3. The minimum Gasteiger partial charge on any atom is -0.479 e. The maximum atomic E-state index is 13.7. The molecule has 3 aromatic rings. The van der Waals surface area contributed by atoms with Crippen LogP contribution in [0.25, 0.3) is 22.0 Å². The predicted octanol–water partition coefficient (Wildman–Crippen LogP) is 1.62. The van der Waals surface area contributed by atoms with Crippen molar-refractivity contribution >= 4 is 22.7 Å². The SMILES string of the molecule is Cn1cc2c3c(c[nH]c3c1=O)C(C(=O)O)Nc1ncc(F)cc1-2. The van der Waals surface area contributed by atoms with Crippen LogP contribution < -0.4 is 10.9 Å². The molecule has 1 aliphatic rings. The first-order chi connectivity index (χ1) is 11.0. The highest BCUT2D eigenvalue weighted by Crippen LogP contribution is 2.40. The second-order valence-corrected chi connectivity index (χ2v) is 5.42. The molecule has 0 saturated carbocycles. The minimum atomic E-state index is -1.11. The van der Waals surface area contributed by atoms with Crippen molar-refractivity contribution in [2.45, 2.75) is 6.04 Å². The molecule has 3 N–H and O–H groups in total. The normalized spacial score (nSPS) is 15.8. The number of nitrogens with zero attached hydrogens (tertiary/aromatic N) is 2. The summed E-state index contributed by atoms with van der Waals surface area (Å²) in [5.41, 5.74) is 1.38. The average Bonchev–Trinajstić information content (AvgIpc) is 2.88. The highest BCUT2D eigenvalue weighted by molar-refractivity contribution is 6.03. The quantitative estimate of drug-likeness (QED) is 0.634. The number of aromatic amines is 1. The summed E-state index contributed by atoms with van der Waals surface area (Å²) in [7, 11) is 1.58. The number of hydrogen-bond donors (Lipinski definition) is 3. The standard InChI is InChI=1S/C15H11FN4O3/c1-20-5-9-7-2-6(16)3-18-13(7)19-11(15(22)23)8-4-17-12(10(8)9)14(20)21/h2-5,11,17H,1H3,(H,18,19)(H,22,23). The zero-order chi connectivity index (χ0) is 16.3. The fraction of sp³-hybridized carbons (Fsp3) is 0.133. The van der Waals surface area contributed by atoms with E-state index >= 15 is 0 Å². The second-order valence-electron chi connectivity index (χ2n) is 5.42. The first kappa shape index (κ1) is 13.5. The molecular weight excluding hydrogens is 303 g/mol. The van der Waals surface area contributed by atoms with Gasteiger partial charge in [0.05, 0.1) is 6.20 Å². The molecule has 4 rings (SSSR count). The van der Waals surface area contributed by atoms with E-state index in [2.05, 4.69) is 15.3 Å². The van der Waals surface area contributed by atoms with E-state index in [9.17, 15) is 19.1 Å². The highest BCUT2D eigenvalue weighted by atomic mass is 19.1. The largest absolute Gasteiger partial charge is 0.479 e. The molecule has 0 saturated heterocycles. The van der Waals surface area contributed by atoms with Gasteiger partial charge in [-0.05, 0) is 6.07 Å². The predicted molar refractivity (Wildman–Crippen MR) is 80.7 cm³/mol. The van der Waals surface area contributed by atoms with E-state index in [0.717, 1.165) is 6.20 Å². The molecule has 1 atom stereocenters.